The van der Waals surface area contributed by atoms with Crippen molar-refractivity contribution in [3.63, 3.8) is 0 Å². The summed E-state index contributed by atoms with van der Waals surface area (Å²) in [6.45, 7) is 1.17. The van der Waals surface area contributed by atoms with Crippen LogP contribution in [-0.2, 0) is 0 Å². The predicted octanol–water partition coefficient (Wildman–Crippen LogP) is 4.09. The van der Waals surface area contributed by atoms with Gasteiger partial charge >= 0.3 is 0 Å². The molecule has 0 atom stereocenters. The number of nitrogens with zero attached hydrogens (tertiary/aromatic N) is 3. The van der Waals surface area contributed by atoms with E-state index >= 15 is 0 Å². The molecular weight excluding hydrogens is 462 g/mol. The SMILES string of the molecule is Cc1ccc(C(=O)CN(C(=O)c2ccccc2Cl)N2C(=O)c3cccc([N+](=O)[O-])c3C2=O)cc1. The highest BCUT2D eigenvalue weighted by Gasteiger charge is 2.46. The summed E-state index contributed by atoms with van der Waals surface area (Å²) >= 11 is 6.16. The molecule has 0 bridgehead atoms. The van der Waals surface area contributed by atoms with E-state index in [1.54, 1.807) is 30.3 Å². The van der Waals surface area contributed by atoms with Gasteiger partial charge in [0.25, 0.3) is 23.4 Å². The Hall–Kier alpha value is -4.37. The Labute approximate surface area is 198 Å². The molecule has 9 nitrogen and oxygen atoms in total. The normalized spacial score (nSPS) is 12.5. The van der Waals surface area contributed by atoms with Crippen LogP contribution in [0.3, 0.4) is 0 Å². The zero-order valence-corrected chi connectivity index (χ0v) is 18.5. The average Bonchev–Trinajstić information content (AvgIpc) is 3.07. The van der Waals surface area contributed by atoms with Gasteiger partial charge in [-0.1, -0.05) is 59.6 Å². The van der Waals surface area contributed by atoms with E-state index in [0.29, 0.717) is 10.0 Å². The number of nitro benzene ring substituents is 1. The van der Waals surface area contributed by atoms with E-state index in [0.717, 1.165) is 11.6 Å². The van der Waals surface area contributed by atoms with Crippen LogP contribution in [0.25, 0.3) is 0 Å². The first-order chi connectivity index (χ1) is 16.2. The molecule has 1 aliphatic heterocycles. The van der Waals surface area contributed by atoms with E-state index < -0.39 is 46.2 Å². The molecule has 0 saturated heterocycles. The predicted molar refractivity (Wildman–Crippen MR) is 122 cm³/mol. The molecule has 3 amide bonds. The third kappa shape index (κ3) is 3.93. The van der Waals surface area contributed by atoms with Gasteiger partial charge in [0.15, 0.2) is 5.78 Å². The highest BCUT2D eigenvalue weighted by molar-refractivity contribution is 6.34. The molecule has 3 aromatic carbocycles. The maximum Gasteiger partial charge on any atom is 0.287 e. The fourth-order valence-corrected chi connectivity index (χ4v) is 3.82. The minimum absolute atomic E-state index is 0.0443. The van der Waals surface area contributed by atoms with Crippen molar-refractivity contribution in [1.29, 1.82) is 0 Å². The Morgan fingerprint density at radius 2 is 1.65 bits per heavy atom. The monoisotopic (exact) mass is 477 g/mol. The van der Waals surface area contributed by atoms with Gasteiger partial charge in [-0.3, -0.25) is 29.3 Å². The highest BCUT2D eigenvalue weighted by Crippen LogP contribution is 2.32. The molecule has 0 unspecified atom stereocenters. The Morgan fingerprint density at radius 3 is 2.29 bits per heavy atom. The number of halogens is 1. The second-order valence-electron chi connectivity index (χ2n) is 7.51. The molecule has 0 aromatic heterocycles. The van der Waals surface area contributed by atoms with Gasteiger partial charge in [-0.25, -0.2) is 5.01 Å². The second kappa shape index (κ2) is 8.87. The van der Waals surface area contributed by atoms with Crippen molar-refractivity contribution < 1.29 is 24.1 Å². The number of hydrogen-bond acceptors (Lipinski definition) is 6. The van der Waals surface area contributed by atoms with Crippen molar-refractivity contribution in [2.75, 3.05) is 6.54 Å². The standard InChI is InChI=1S/C24H16ClN3O6/c1-14-9-11-15(12-10-14)20(29)13-26(22(30)16-5-2-3-7-18(16)25)27-23(31)17-6-4-8-19(28(33)34)21(17)24(27)32/h2-12H,13H2,1H3. The van der Waals surface area contributed by atoms with E-state index in [1.807, 2.05) is 6.92 Å². The number of ketones is 1. The Balaban J connectivity index is 1.79. The lowest BCUT2D eigenvalue weighted by molar-refractivity contribution is -0.385. The van der Waals surface area contributed by atoms with E-state index in [-0.39, 0.29) is 21.7 Å². The molecule has 10 heteroatoms. The van der Waals surface area contributed by atoms with Crippen LogP contribution in [0.5, 0.6) is 0 Å². The summed E-state index contributed by atoms with van der Waals surface area (Å²) < 4.78 is 0. The summed E-state index contributed by atoms with van der Waals surface area (Å²) in [6.07, 6.45) is 0. The highest BCUT2D eigenvalue weighted by atomic mass is 35.5. The number of hydrogen-bond donors (Lipinski definition) is 0. The molecule has 0 fully saturated rings. The third-order valence-corrected chi connectivity index (χ3v) is 5.64. The van der Waals surface area contributed by atoms with Crippen molar-refractivity contribution in [3.05, 3.63) is 110 Å². The fourth-order valence-electron chi connectivity index (χ4n) is 3.60. The lowest BCUT2D eigenvalue weighted by Crippen LogP contribution is -2.51. The van der Waals surface area contributed by atoms with Crippen molar-refractivity contribution in [3.8, 4) is 0 Å². The van der Waals surface area contributed by atoms with Gasteiger partial charge in [0, 0.05) is 11.6 Å². The molecule has 0 aliphatic carbocycles. The smallest absolute Gasteiger partial charge is 0.287 e. The van der Waals surface area contributed by atoms with Crippen molar-refractivity contribution in [2.45, 2.75) is 6.92 Å². The van der Waals surface area contributed by atoms with Gasteiger partial charge < -0.3 is 0 Å². The average molecular weight is 478 g/mol. The fraction of sp³-hybridized carbons (Fsp3) is 0.0833. The summed E-state index contributed by atoms with van der Waals surface area (Å²) in [4.78, 5) is 63.5. The number of benzene rings is 3. The molecule has 0 N–H and O–H groups in total. The summed E-state index contributed by atoms with van der Waals surface area (Å²) in [7, 11) is 0. The largest absolute Gasteiger partial charge is 0.292 e. The van der Waals surface area contributed by atoms with Gasteiger partial charge in [0.05, 0.1) is 21.1 Å². The lowest BCUT2D eigenvalue weighted by Gasteiger charge is -2.29. The van der Waals surface area contributed by atoms with E-state index in [2.05, 4.69) is 0 Å². The summed E-state index contributed by atoms with van der Waals surface area (Å²) in [6, 6.07) is 16.1. The maximum atomic E-state index is 13.4. The first kappa shape index (κ1) is 22.8. The van der Waals surface area contributed by atoms with Crippen LogP contribution < -0.4 is 0 Å². The van der Waals surface area contributed by atoms with Gasteiger partial charge in [-0.2, -0.15) is 5.01 Å². The molecule has 0 radical (unpaired) electrons. The quantitative estimate of drug-likeness (QED) is 0.228. The number of hydrazine groups is 1. The summed E-state index contributed by atoms with van der Waals surface area (Å²) in [5.41, 5.74) is -0.144. The van der Waals surface area contributed by atoms with E-state index in [4.69, 9.17) is 11.6 Å². The molecule has 3 aromatic rings. The molecule has 1 aliphatic rings. The molecule has 4 rings (SSSR count). The number of amides is 3. The molecule has 170 valence electrons. The summed E-state index contributed by atoms with van der Waals surface area (Å²) in [5, 5.41) is 12.6. The van der Waals surface area contributed by atoms with Crippen LogP contribution in [-0.4, -0.2) is 45.0 Å². The minimum Gasteiger partial charge on any atom is -0.292 e. The van der Waals surface area contributed by atoms with E-state index in [9.17, 15) is 29.3 Å². The van der Waals surface area contributed by atoms with Gasteiger partial charge in [0.2, 0.25) is 0 Å². The van der Waals surface area contributed by atoms with Crippen molar-refractivity contribution in [1.82, 2.24) is 10.0 Å². The number of fused-ring (bicyclic) bond motifs is 1. The van der Waals surface area contributed by atoms with Gasteiger partial charge in [-0.05, 0) is 25.1 Å². The molecular formula is C24H16ClN3O6. The van der Waals surface area contributed by atoms with Gasteiger partial charge in [0.1, 0.15) is 12.1 Å². The van der Waals surface area contributed by atoms with Crippen molar-refractivity contribution >= 4 is 40.8 Å². The number of rotatable bonds is 6. The molecule has 0 saturated carbocycles. The zero-order chi connectivity index (χ0) is 24.6. The maximum absolute atomic E-state index is 13.4. The Kier molecular flexibility index (Phi) is 5.95. The van der Waals surface area contributed by atoms with Crippen LogP contribution in [0.2, 0.25) is 5.02 Å². The molecule has 1 heterocycles. The van der Waals surface area contributed by atoms with Crippen LogP contribution in [0.15, 0.2) is 66.7 Å². The number of nitro groups is 1. The second-order valence-corrected chi connectivity index (χ2v) is 7.92. The zero-order valence-electron chi connectivity index (χ0n) is 17.7. The van der Waals surface area contributed by atoms with Crippen LogP contribution in [0, 0.1) is 17.0 Å². The van der Waals surface area contributed by atoms with Gasteiger partial charge in [-0.15, -0.1) is 0 Å². The van der Waals surface area contributed by atoms with Crippen molar-refractivity contribution in [2.24, 2.45) is 0 Å². The molecule has 34 heavy (non-hydrogen) atoms. The number of aryl methyl sites for hydroxylation is 1. The number of imide groups is 1. The van der Waals surface area contributed by atoms with E-state index in [1.165, 1.54) is 30.3 Å². The lowest BCUT2D eigenvalue weighted by atomic mass is 10.1. The number of carbonyl (C=O) groups is 4. The number of Topliss-reactive ketones (excluding diaryl/α,β-unsaturated/α-hetero) is 1. The van der Waals surface area contributed by atoms with Crippen LogP contribution in [0.1, 0.15) is 47.0 Å². The molecule has 0 spiro atoms. The first-order valence-electron chi connectivity index (χ1n) is 10.0. The topological polar surface area (TPSA) is 118 Å². The summed E-state index contributed by atoms with van der Waals surface area (Å²) in [5.74, 6) is -3.47. The van der Waals surface area contributed by atoms with Crippen LogP contribution in [0.4, 0.5) is 5.69 Å². The third-order valence-electron chi connectivity index (χ3n) is 5.32. The van der Waals surface area contributed by atoms with Crippen LogP contribution >= 0.6 is 11.6 Å². The Morgan fingerprint density at radius 1 is 0.971 bits per heavy atom. The number of carbonyl (C=O) groups excluding carboxylic acids is 4. The first-order valence-corrected chi connectivity index (χ1v) is 10.4. The minimum atomic E-state index is -1.08. The Bertz CT molecular complexity index is 1370.